The highest BCUT2D eigenvalue weighted by atomic mass is 35.5. The first-order valence-corrected chi connectivity index (χ1v) is 14.5. The van der Waals surface area contributed by atoms with E-state index in [9.17, 15) is 14.4 Å². The summed E-state index contributed by atoms with van der Waals surface area (Å²) in [6.45, 7) is 0. The van der Waals surface area contributed by atoms with Gasteiger partial charge >= 0.3 is 0 Å². The average Bonchev–Trinajstić information content (AvgIpc) is 3.41. The van der Waals surface area contributed by atoms with Crippen LogP contribution in [0.1, 0.15) is 15.9 Å². The van der Waals surface area contributed by atoms with Crippen LogP contribution in [0.3, 0.4) is 0 Å². The van der Waals surface area contributed by atoms with Gasteiger partial charge in [-0.2, -0.15) is 0 Å². The summed E-state index contributed by atoms with van der Waals surface area (Å²) in [5.41, 5.74) is 3.20. The van der Waals surface area contributed by atoms with Crippen molar-refractivity contribution in [2.24, 2.45) is 0 Å². The quantitative estimate of drug-likeness (QED) is 0.101. The summed E-state index contributed by atoms with van der Waals surface area (Å²) in [7, 11) is 0. The van der Waals surface area contributed by atoms with Crippen LogP contribution in [0.5, 0.6) is 0 Å². The molecular weight excluding hydrogens is 591 g/mol. The fraction of sp³-hybridized carbons (Fsp3) is 0.0312. The molecule has 0 saturated heterocycles. The second-order valence-corrected chi connectivity index (χ2v) is 11.0. The Morgan fingerprint density at radius 3 is 2.33 bits per heavy atom. The van der Waals surface area contributed by atoms with Crippen molar-refractivity contribution in [3.05, 3.63) is 130 Å². The summed E-state index contributed by atoms with van der Waals surface area (Å²) in [6.07, 6.45) is 3.43. The van der Waals surface area contributed by atoms with Gasteiger partial charge in [-0.15, -0.1) is 11.8 Å². The Kier molecular flexibility index (Phi) is 9.28. The Morgan fingerprint density at radius 2 is 1.57 bits per heavy atom. The first-order chi connectivity index (χ1) is 20.4. The van der Waals surface area contributed by atoms with Gasteiger partial charge in [-0.25, -0.2) is 0 Å². The summed E-state index contributed by atoms with van der Waals surface area (Å²) in [4.78, 5) is 42.7. The first kappa shape index (κ1) is 29.0. The number of hydrogen-bond acceptors (Lipinski definition) is 4. The molecule has 0 aliphatic carbocycles. The van der Waals surface area contributed by atoms with Crippen molar-refractivity contribution < 1.29 is 14.4 Å². The van der Waals surface area contributed by atoms with E-state index in [1.54, 1.807) is 79.0 Å². The van der Waals surface area contributed by atoms with Gasteiger partial charge in [0, 0.05) is 43.8 Å². The molecule has 1 aromatic heterocycles. The Bertz CT molecular complexity index is 1790. The van der Waals surface area contributed by atoms with Crippen molar-refractivity contribution in [2.75, 3.05) is 16.4 Å². The van der Waals surface area contributed by atoms with E-state index < -0.39 is 11.8 Å². The average molecular weight is 616 g/mol. The van der Waals surface area contributed by atoms with Gasteiger partial charge in [0.1, 0.15) is 5.70 Å². The van der Waals surface area contributed by atoms with E-state index in [-0.39, 0.29) is 17.4 Å². The minimum Gasteiger partial charge on any atom is -0.361 e. The number of carbonyl (C=O) groups is 3. The largest absolute Gasteiger partial charge is 0.361 e. The molecule has 0 fully saturated rings. The zero-order valence-electron chi connectivity index (χ0n) is 22.0. The summed E-state index contributed by atoms with van der Waals surface area (Å²) in [5.74, 6) is -0.943. The number of H-pyrrole nitrogens is 1. The lowest BCUT2D eigenvalue weighted by atomic mass is 10.1. The second-order valence-electron chi connectivity index (χ2n) is 9.11. The number of benzene rings is 4. The molecule has 7 nitrogen and oxygen atoms in total. The number of amides is 3. The van der Waals surface area contributed by atoms with E-state index in [0.29, 0.717) is 27.0 Å². The van der Waals surface area contributed by atoms with Crippen molar-refractivity contribution in [1.29, 1.82) is 0 Å². The molecule has 0 spiro atoms. The molecule has 5 rings (SSSR count). The standard InChI is InChI=1S/C32H24Cl2N4O3S/c33-22-10-15-28(26(34)17-22)37-30(39)19-42-24-13-11-23(12-14-24)36-32(41)29(38-31(40)20-6-2-1-3-7-20)16-21-18-35-27-9-5-4-8-25(21)27/h1-18,35H,19H2,(H,36,41)(H,37,39)(H,38,40). The van der Waals surface area contributed by atoms with Crippen LogP contribution in [-0.2, 0) is 9.59 Å². The summed E-state index contributed by atoms with van der Waals surface area (Å²) < 4.78 is 0. The minimum atomic E-state index is -0.482. The molecular formula is C32H24Cl2N4O3S. The molecule has 5 aromatic rings. The van der Waals surface area contributed by atoms with Gasteiger partial charge in [-0.1, -0.05) is 59.6 Å². The zero-order valence-corrected chi connectivity index (χ0v) is 24.3. The molecule has 0 saturated carbocycles. The van der Waals surface area contributed by atoms with E-state index in [0.717, 1.165) is 21.4 Å². The maximum atomic E-state index is 13.4. The van der Waals surface area contributed by atoms with Crippen molar-refractivity contribution in [2.45, 2.75) is 4.90 Å². The van der Waals surface area contributed by atoms with Crippen molar-refractivity contribution in [3.8, 4) is 0 Å². The molecule has 0 radical (unpaired) electrons. The van der Waals surface area contributed by atoms with E-state index in [2.05, 4.69) is 20.9 Å². The number of hydrogen-bond donors (Lipinski definition) is 4. The molecule has 3 amide bonds. The number of para-hydroxylation sites is 1. The Labute approximate surface area is 256 Å². The zero-order chi connectivity index (χ0) is 29.5. The number of rotatable bonds is 9. The number of fused-ring (bicyclic) bond motifs is 1. The minimum absolute atomic E-state index is 0.0876. The molecule has 210 valence electrons. The van der Waals surface area contributed by atoms with Crippen LogP contribution in [0.2, 0.25) is 10.0 Å². The highest BCUT2D eigenvalue weighted by Crippen LogP contribution is 2.27. The van der Waals surface area contributed by atoms with Gasteiger partial charge in [-0.3, -0.25) is 14.4 Å². The number of carbonyl (C=O) groups excluding carboxylic acids is 3. The fourth-order valence-electron chi connectivity index (χ4n) is 4.07. The van der Waals surface area contributed by atoms with Crippen LogP contribution in [0, 0.1) is 0 Å². The van der Waals surface area contributed by atoms with E-state index in [4.69, 9.17) is 23.2 Å². The number of nitrogens with one attached hydrogen (secondary N) is 4. The topological polar surface area (TPSA) is 103 Å². The number of aromatic nitrogens is 1. The van der Waals surface area contributed by atoms with Gasteiger partial charge in [0.2, 0.25) is 5.91 Å². The smallest absolute Gasteiger partial charge is 0.272 e. The van der Waals surface area contributed by atoms with Crippen molar-refractivity contribution in [1.82, 2.24) is 10.3 Å². The second kappa shape index (κ2) is 13.4. The molecule has 0 bridgehead atoms. The van der Waals surface area contributed by atoms with Crippen LogP contribution in [0.4, 0.5) is 11.4 Å². The van der Waals surface area contributed by atoms with Gasteiger partial charge in [-0.05, 0) is 66.7 Å². The van der Waals surface area contributed by atoms with Gasteiger partial charge in [0.25, 0.3) is 11.8 Å². The number of aromatic amines is 1. The third-order valence-electron chi connectivity index (χ3n) is 6.14. The Hall–Kier alpha value is -4.50. The molecule has 0 aliphatic heterocycles. The number of halogens is 2. The maximum Gasteiger partial charge on any atom is 0.272 e. The number of thioether (sulfide) groups is 1. The lowest BCUT2D eigenvalue weighted by molar-refractivity contribution is -0.114. The Morgan fingerprint density at radius 1 is 0.833 bits per heavy atom. The predicted octanol–water partition coefficient (Wildman–Crippen LogP) is 7.62. The Balaban J connectivity index is 1.26. The normalized spacial score (nSPS) is 11.2. The van der Waals surface area contributed by atoms with Crippen LogP contribution in [0.15, 0.2) is 114 Å². The molecule has 0 unspecified atom stereocenters. The first-order valence-electron chi connectivity index (χ1n) is 12.8. The molecule has 1 heterocycles. The highest BCUT2D eigenvalue weighted by molar-refractivity contribution is 8.00. The molecule has 0 aliphatic rings. The third-order valence-corrected chi connectivity index (χ3v) is 7.70. The molecule has 4 N–H and O–H groups in total. The molecule has 42 heavy (non-hydrogen) atoms. The van der Waals surface area contributed by atoms with Crippen LogP contribution >= 0.6 is 35.0 Å². The molecule has 10 heteroatoms. The van der Waals surface area contributed by atoms with Crippen LogP contribution in [0.25, 0.3) is 17.0 Å². The van der Waals surface area contributed by atoms with Gasteiger partial charge < -0.3 is 20.9 Å². The van der Waals surface area contributed by atoms with Gasteiger partial charge in [0.05, 0.1) is 16.5 Å². The van der Waals surface area contributed by atoms with Crippen LogP contribution < -0.4 is 16.0 Å². The fourth-order valence-corrected chi connectivity index (χ4v) is 5.22. The SMILES string of the molecule is O=C(CSc1ccc(NC(=O)C(=Cc2c[nH]c3ccccc23)NC(=O)c2ccccc2)cc1)Nc1ccc(Cl)cc1Cl. The molecule has 4 aromatic carbocycles. The third kappa shape index (κ3) is 7.41. The highest BCUT2D eigenvalue weighted by Gasteiger charge is 2.16. The van der Waals surface area contributed by atoms with Crippen molar-refractivity contribution >= 4 is 81.0 Å². The van der Waals surface area contributed by atoms with E-state index in [1.807, 2.05) is 30.3 Å². The summed E-state index contributed by atoms with van der Waals surface area (Å²) in [6, 6.07) is 28.3. The monoisotopic (exact) mass is 614 g/mol. The predicted molar refractivity (Wildman–Crippen MR) is 171 cm³/mol. The molecule has 0 atom stereocenters. The van der Waals surface area contributed by atoms with E-state index in [1.165, 1.54) is 11.8 Å². The van der Waals surface area contributed by atoms with E-state index >= 15 is 0 Å². The lowest BCUT2D eigenvalue weighted by Gasteiger charge is -2.12. The van der Waals surface area contributed by atoms with Crippen molar-refractivity contribution in [3.63, 3.8) is 0 Å². The lowest BCUT2D eigenvalue weighted by Crippen LogP contribution is -2.30. The summed E-state index contributed by atoms with van der Waals surface area (Å²) >= 11 is 13.4. The summed E-state index contributed by atoms with van der Waals surface area (Å²) in [5, 5.41) is 10.1. The van der Waals surface area contributed by atoms with Crippen LogP contribution in [-0.4, -0.2) is 28.5 Å². The van der Waals surface area contributed by atoms with Gasteiger partial charge in [0.15, 0.2) is 0 Å². The number of anilines is 2. The maximum absolute atomic E-state index is 13.4.